The van der Waals surface area contributed by atoms with Gasteiger partial charge in [-0.1, -0.05) is 36.0 Å². The van der Waals surface area contributed by atoms with Crippen molar-refractivity contribution >= 4 is 23.4 Å². The number of methoxy groups -OCH3 is 1. The molecule has 25 heavy (non-hydrogen) atoms. The van der Waals surface area contributed by atoms with E-state index in [0.29, 0.717) is 5.75 Å². The minimum Gasteiger partial charge on any atom is -0.497 e. The fourth-order valence-electron chi connectivity index (χ4n) is 2.37. The molecule has 1 amide bonds. The Labute approximate surface area is 151 Å². The molecule has 0 N–H and O–H groups in total. The molecule has 0 saturated carbocycles. The molecule has 0 spiro atoms. The predicted octanol–water partition coefficient (Wildman–Crippen LogP) is 3.64. The lowest BCUT2D eigenvalue weighted by atomic mass is 10.3. The van der Waals surface area contributed by atoms with E-state index in [0.717, 1.165) is 22.3 Å². The molecule has 2 aromatic carbocycles. The molecule has 0 radical (unpaired) electrons. The first kappa shape index (κ1) is 17.1. The van der Waals surface area contributed by atoms with Crippen molar-refractivity contribution < 1.29 is 9.53 Å². The number of thioether (sulfide) groups is 1. The first-order chi connectivity index (χ1) is 12.2. The van der Waals surface area contributed by atoms with E-state index in [1.165, 1.54) is 11.8 Å². The van der Waals surface area contributed by atoms with Gasteiger partial charge in [0, 0.05) is 31.2 Å². The Hall–Kier alpha value is -2.73. The van der Waals surface area contributed by atoms with Crippen LogP contribution in [0.5, 0.6) is 5.75 Å². The second-order valence-corrected chi connectivity index (χ2v) is 6.30. The van der Waals surface area contributed by atoms with Gasteiger partial charge in [0.1, 0.15) is 5.75 Å². The minimum absolute atomic E-state index is 0.0244. The summed E-state index contributed by atoms with van der Waals surface area (Å²) in [4.78, 5) is 18.5. The average Bonchev–Trinajstić information content (AvgIpc) is 3.15. The largest absolute Gasteiger partial charge is 0.497 e. The molecule has 0 atom stereocenters. The van der Waals surface area contributed by atoms with Gasteiger partial charge < -0.3 is 9.64 Å². The van der Waals surface area contributed by atoms with E-state index in [-0.39, 0.29) is 5.91 Å². The summed E-state index contributed by atoms with van der Waals surface area (Å²) in [6.45, 7) is 0. The number of carbonyl (C=O) groups is 1. The zero-order valence-electron chi connectivity index (χ0n) is 14.1. The van der Waals surface area contributed by atoms with Gasteiger partial charge in [-0.3, -0.25) is 9.36 Å². The van der Waals surface area contributed by atoms with Crippen LogP contribution in [0.1, 0.15) is 0 Å². The van der Waals surface area contributed by atoms with Crippen LogP contribution in [-0.2, 0) is 4.79 Å². The Morgan fingerprint density at radius 2 is 2.00 bits per heavy atom. The quantitative estimate of drug-likeness (QED) is 0.635. The Bertz CT molecular complexity index is 849. The van der Waals surface area contributed by atoms with Crippen LogP contribution in [0, 0.1) is 0 Å². The molecule has 3 aromatic rings. The molecule has 1 aromatic heterocycles. The molecule has 5 nitrogen and oxygen atoms in total. The fourth-order valence-corrected chi connectivity index (χ4v) is 3.26. The summed E-state index contributed by atoms with van der Waals surface area (Å²) in [5.41, 5.74) is 1.83. The van der Waals surface area contributed by atoms with Crippen molar-refractivity contribution in [1.29, 1.82) is 0 Å². The van der Waals surface area contributed by atoms with Gasteiger partial charge in [-0.05, 0) is 24.3 Å². The van der Waals surface area contributed by atoms with E-state index >= 15 is 0 Å². The summed E-state index contributed by atoms with van der Waals surface area (Å²) >= 11 is 1.41. The van der Waals surface area contributed by atoms with Crippen LogP contribution in [0.25, 0.3) is 5.69 Å². The lowest BCUT2D eigenvalue weighted by molar-refractivity contribution is -0.115. The highest BCUT2D eigenvalue weighted by Crippen LogP contribution is 2.24. The second-order valence-electron chi connectivity index (χ2n) is 5.36. The number of aromatic nitrogens is 2. The van der Waals surface area contributed by atoms with Crippen LogP contribution < -0.4 is 9.64 Å². The molecular weight excluding hydrogens is 334 g/mol. The maximum atomic E-state index is 12.4. The predicted molar refractivity (Wildman–Crippen MR) is 101 cm³/mol. The number of benzene rings is 2. The number of ether oxygens (including phenoxy) is 1. The van der Waals surface area contributed by atoms with Gasteiger partial charge >= 0.3 is 0 Å². The summed E-state index contributed by atoms with van der Waals surface area (Å²) in [5, 5.41) is 0.767. The smallest absolute Gasteiger partial charge is 0.237 e. The van der Waals surface area contributed by atoms with Crippen molar-refractivity contribution in [3.63, 3.8) is 0 Å². The zero-order chi connectivity index (χ0) is 17.6. The van der Waals surface area contributed by atoms with Gasteiger partial charge in [0.25, 0.3) is 0 Å². The average molecular weight is 353 g/mol. The molecule has 0 aliphatic rings. The molecule has 0 bridgehead atoms. The van der Waals surface area contributed by atoms with Gasteiger partial charge in [0.15, 0.2) is 5.16 Å². The van der Waals surface area contributed by atoms with Crippen LogP contribution in [0.2, 0.25) is 0 Å². The molecule has 6 heteroatoms. The molecule has 3 rings (SSSR count). The SMILES string of the molecule is COc1cccc(-n2ccnc2SCC(=O)N(C)c2ccccc2)c1. The highest BCUT2D eigenvalue weighted by atomic mass is 32.2. The van der Waals surface area contributed by atoms with E-state index in [1.54, 1.807) is 25.3 Å². The summed E-state index contributed by atoms with van der Waals surface area (Å²) < 4.78 is 7.22. The number of hydrogen-bond donors (Lipinski definition) is 0. The summed E-state index contributed by atoms with van der Waals surface area (Å²) in [7, 11) is 3.42. The number of carbonyl (C=O) groups excluding carboxylic acids is 1. The number of rotatable bonds is 6. The molecule has 1 heterocycles. The summed E-state index contributed by atoms with van der Waals surface area (Å²) in [6.07, 6.45) is 3.61. The van der Waals surface area contributed by atoms with Crippen LogP contribution in [0.3, 0.4) is 0 Å². The Morgan fingerprint density at radius 1 is 1.20 bits per heavy atom. The van der Waals surface area contributed by atoms with Gasteiger partial charge in [-0.2, -0.15) is 0 Å². The van der Waals surface area contributed by atoms with E-state index in [2.05, 4.69) is 4.98 Å². The van der Waals surface area contributed by atoms with Crippen molar-refractivity contribution in [2.45, 2.75) is 5.16 Å². The number of hydrogen-bond acceptors (Lipinski definition) is 4. The molecular formula is C19H19N3O2S. The topological polar surface area (TPSA) is 47.4 Å². The van der Waals surface area contributed by atoms with E-state index in [1.807, 2.05) is 65.4 Å². The number of imidazole rings is 1. The monoisotopic (exact) mass is 353 g/mol. The van der Waals surface area contributed by atoms with E-state index in [4.69, 9.17) is 4.74 Å². The number of anilines is 1. The van der Waals surface area contributed by atoms with Crippen LogP contribution >= 0.6 is 11.8 Å². The normalized spacial score (nSPS) is 10.5. The van der Waals surface area contributed by atoms with Crippen molar-refractivity contribution in [3.05, 3.63) is 67.0 Å². The highest BCUT2D eigenvalue weighted by molar-refractivity contribution is 7.99. The van der Waals surface area contributed by atoms with E-state index < -0.39 is 0 Å². The van der Waals surface area contributed by atoms with Gasteiger partial charge in [-0.15, -0.1) is 0 Å². The number of nitrogens with zero attached hydrogens (tertiary/aromatic N) is 3. The third-order valence-electron chi connectivity index (χ3n) is 3.78. The first-order valence-electron chi connectivity index (χ1n) is 7.81. The number of para-hydroxylation sites is 1. The standard InChI is InChI=1S/C19H19N3O2S/c1-21(15-7-4-3-5-8-15)18(23)14-25-19-20-11-12-22(19)16-9-6-10-17(13-16)24-2/h3-13H,14H2,1-2H3. The van der Waals surface area contributed by atoms with Gasteiger partial charge in [-0.25, -0.2) is 4.98 Å². The number of amides is 1. The second kappa shape index (κ2) is 7.90. The third-order valence-corrected chi connectivity index (χ3v) is 4.73. The Morgan fingerprint density at radius 3 is 2.76 bits per heavy atom. The van der Waals surface area contributed by atoms with Crippen LogP contribution in [0.4, 0.5) is 5.69 Å². The molecule has 0 fully saturated rings. The van der Waals surface area contributed by atoms with Gasteiger partial charge in [0.05, 0.1) is 18.6 Å². The Kier molecular flexibility index (Phi) is 5.40. The van der Waals surface area contributed by atoms with Crippen molar-refractivity contribution in [2.75, 3.05) is 24.8 Å². The summed E-state index contributed by atoms with van der Waals surface area (Å²) in [6, 6.07) is 17.3. The van der Waals surface area contributed by atoms with E-state index in [9.17, 15) is 4.79 Å². The molecule has 0 aliphatic heterocycles. The minimum atomic E-state index is 0.0244. The first-order valence-corrected chi connectivity index (χ1v) is 8.80. The molecule has 0 saturated heterocycles. The molecule has 0 aliphatic carbocycles. The van der Waals surface area contributed by atoms with Gasteiger partial charge in [0.2, 0.25) is 5.91 Å². The fraction of sp³-hybridized carbons (Fsp3) is 0.158. The summed E-state index contributed by atoms with van der Waals surface area (Å²) in [5.74, 6) is 1.12. The lowest BCUT2D eigenvalue weighted by Crippen LogP contribution is -2.27. The zero-order valence-corrected chi connectivity index (χ0v) is 14.9. The Balaban J connectivity index is 1.70. The van der Waals surface area contributed by atoms with Crippen molar-refractivity contribution in [1.82, 2.24) is 9.55 Å². The molecule has 0 unspecified atom stereocenters. The van der Waals surface area contributed by atoms with Crippen LogP contribution in [-0.4, -0.2) is 35.4 Å². The van der Waals surface area contributed by atoms with Crippen molar-refractivity contribution in [2.24, 2.45) is 0 Å². The van der Waals surface area contributed by atoms with Crippen molar-refractivity contribution in [3.8, 4) is 11.4 Å². The maximum absolute atomic E-state index is 12.4. The third kappa shape index (κ3) is 4.03. The van der Waals surface area contributed by atoms with Crippen LogP contribution in [0.15, 0.2) is 72.1 Å². The molecule has 128 valence electrons. The maximum Gasteiger partial charge on any atom is 0.237 e. The lowest BCUT2D eigenvalue weighted by Gasteiger charge is -2.17. The highest BCUT2D eigenvalue weighted by Gasteiger charge is 2.14.